The van der Waals surface area contributed by atoms with Crippen molar-refractivity contribution >= 4 is 0 Å². The molecule has 0 unspecified atom stereocenters. The van der Waals surface area contributed by atoms with E-state index in [1.54, 1.807) is 6.07 Å². The molecule has 2 atom stereocenters. The molecule has 17 heavy (non-hydrogen) atoms. The fourth-order valence-corrected chi connectivity index (χ4v) is 3.24. The molecule has 1 aliphatic heterocycles. The van der Waals surface area contributed by atoms with Gasteiger partial charge in [-0.05, 0) is 30.5 Å². The lowest BCUT2D eigenvalue weighted by Gasteiger charge is -2.23. The Morgan fingerprint density at radius 1 is 1.35 bits per heavy atom. The van der Waals surface area contributed by atoms with Gasteiger partial charge < -0.3 is 4.74 Å². The minimum absolute atomic E-state index is 0.102. The van der Waals surface area contributed by atoms with Crippen molar-refractivity contribution in [1.82, 2.24) is 0 Å². The highest BCUT2D eigenvalue weighted by atomic mass is 19.4. The van der Waals surface area contributed by atoms with E-state index in [-0.39, 0.29) is 5.92 Å². The zero-order chi connectivity index (χ0) is 12.3. The van der Waals surface area contributed by atoms with E-state index in [9.17, 15) is 13.2 Å². The summed E-state index contributed by atoms with van der Waals surface area (Å²) in [5.41, 5.74) is 0.366. The summed E-state index contributed by atoms with van der Waals surface area (Å²) in [5.74, 6) is -0.102. The lowest BCUT2D eigenvalue weighted by atomic mass is 9.87. The normalized spacial score (nSPS) is 31.4. The molecule has 3 rings (SSSR count). The quantitative estimate of drug-likeness (QED) is 0.676. The van der Waals surface area contributed by atoms with Gasteiger partial charge in [0.25, 0.3) is 0 Å². The Kier molecular flexibility index (Phi) is 2.12. The largest absolute Gasteiger partial charge is 0.416 e. The van der Waals surface area contributed by atoms with Gasteiger partial charge in [-0.3, -0.25) is 0 Å². The van der Waals surface area contributed by atoms with Crippen LogP contribution in [0.25, 0.3) is 0 Å². The summed E-state index contributed by atoms with van der Waals surface area (Å²) < 4.78 is 44.6. The van der Waals surface area contributed by atoms with Gasteiger partial charge >= 0.3 is 6.18 Å². The molecule has 0 radical (unpaired) electrons. The van der Waals surface area contributed by atoms with Gasteiger partial charge in [0.1, 0.15) is 0 Å². The highest BCUT2D eigenvalue weighted by Crippen LogP contribution is 2.52. The second-order valence-corrected chi connectivity index (χ2v) is 5.06. The first-order chi connectivity index (χ1) is 7.92. The molecule has 1 nitrogen and oxygen atoms in total. The third-order valence-electron chi connectivity index (χ3n) is 3.97. The number of alkyl halides is 3. The first kappa shape index (κ1) is 11.1. The maximum Gasteiger partial charge on any atom is 0.416 e. The van der Waals surface area contributed by atoms with Crippen LogP contribution in [0.3, 0.4) is 0 Å². The number of halogens is 3. The van der Waals surface area contributed by atoms with Crippen LogP contribution in [-0.2, 0) is 17.3 Å². The SMILES string of the molecule is C[C@]12Cc3cccc(C(F)(F)F)c3[C@H]1CCO2. The molecule has 1 fully saturated rings. The van der Waals surface area contributed by atoms with Crippen LogP contribution in [0.15, 0.2) is 18.2 Å². The van der Waals surface area contributed by atoms with E-state index < -0.39 is 17.3 Å². The smallest absolute Gasteiger partial charge is 0.374 e. The van der Waals surface area contributed by atoms with Gasteiger partial charge in [-0.15, -0.1) is 0 Å². The fourth-order valence-electron chi connectivity index (χ4n) is 3.24. The lowest BCUT2D eigenvalue weighted by molar-refractivity contribution is -0.138. The fraction of sp³-hybridized carbons (Fsp3) is 0.538. The highest BCUT2D eigenvalue weighted by Gasteiger charge is 2.50. The average molecular weight is 242 g/mol. The van der Waals surface area contributed by atoms with Gasteiger partial charge in [0, 0.05) is 18.9 Å². The number of benzene rings is 1. The predicted molar refractivity (Wildman–Crippen MR) is 56.9 cm³/mol. The van der Waals surface area contributed by atoms with E-state index in [0.29, 0.717) is 25.0 Å². The predicted octanol–water partition coefficient (Wildman–Crippen LogP) is 3.52. The van der Waals surface area contributed by atoms with Crippen molar-refractivity contribution in [3.05, 3.63) is 34.9 Å². The van der Waals surface area contributed by atoms with E-state index in [2.05, 4.69) is 0 Å². The summed E-state index contributed by atoms with van der Waals surface area (Å²) in [6.45, 7) is 2.48. The van der Waals surface area contributed by atoms with E-state index in [0.717, 1.165) is 5.56 Å². The van der Waals surface area contributed by atoms with Crippen LogP contribution in [0.5, 0.6) is 0 Å². The highest BCUT2D eigenvalue weighted by molar-refractivity contribution is 5.47. The van der Waals surface area contributed by atoms with Crippen LogP contribution < -0.4 is 0 Å². The van der Waals surface area contributed by atoms with Crippen molar-refractivity contribution < 1.29 is 17.9 Å². The Labute approximate surface area is 97.6 Å². The average Bonchev–Trinajstić information content (AvgIpc) is 2.68. The monoisotopic (exact) mass is 242 g/mol. The van der Waals surface area contributed by atoms with E-state index >= 15 is 0 Å². The Hall–Kier alpha value is -1.03. The summed E-state index contributed by atoms with van der Waals surface area (Å²) in [6.07, 6.45) is -2.98. The molecular formula is C13H13F3O. The molecule has 92 valence electrons. The zero-order valence-electron chi connectivity index (χ0n) is 9.47. The van der Waals surface area contributed by atoms with Gasteiger partial charge in [0.05, 0.1) is 11.2 Å². The zero-order valence-corrected chi connectivity index (χ0v) is 9.47. The van der Waals surface area contributed by atoms with Crippen molar-refractivity contribution in [3.63, 3.8) is 0 Å². The Morgan fingerprint density at radius 2 is 2.12 bits per heavy atom. The summed E-state index contributed by atoms with van der Waals surface area (Å²) in [5, 5.41) is 0. The maximum absolute atomic E-state index is 13.0. The molecular weight excluding hydrogens is 229 g/mol. The maximum atomic E-state index is 13.0. The van der Waals surface area contributed by atoms with Gasteiger partial charge in [-0.1, -0.05) is 12.1 Å². The minimum atomic E-state index is -4.26. The van der Waals surface area contributed by atoms with E-state index in [1.165, 1.54) is 12.1 Å². The topological polar surface area (TPSA) is 9.23 Å². The van der Waals surface area contributed by atoms with Crippen LogP contribution in [0.2, 0.25) is 0 Å². The molecule has 0 N–H and O–H groups in total. The number of ether oxygens (including phenoxy) is 1. The molecule has 0 saturated carbocycles. The van der Waals surface area contributed by atoms with E-state index in [1.807, 2.05) is 6.92 Å². The Balaban J connectivity index is 2.17. The minimum Gasteiger partial charge on any atom is -0.374 e. The van der Waals surface area contributed by atoms with Crippen LogP contribution >= 0.6 is 0 Å². The number of hydrogen-bond acceptors (Lipinski definition) is 1. The van der Waals surface area contributed by atoms with Crippen LogP contribution in [0, 0.1) is 0 Å². The molecule has 1 aliphatic carbocycles. The first-order valence-electron chi connectivity index (χ1n) is 5.75. The van der Waals surface area contributed by atoms with Crippen molar-refractivity contribution in [2.45, 2.75) is 37.5 Å². The van der Waals surface area contributed by atoms with Crippen molar-refractivity contribution in [3.8, 4) is 0 Å². The third kappa shape index (κ3) is 1.50. The standard InChI is InChI=1S/C13H13F3O/c1-12-7-8-3-2-4-10(13(14,15)16)11(8)9(12)5-6-17-12/h2-4,9H,5-7H2,1H3/t9-,12+/m1/s1. The van der Waals surface area contributed by atoms with Crippen LogP contribution in [0.1, 0.15) is 36.0 Å². The molecule has 0 amide bonds. The number of rotatable bonds is 0. The molecule has 1 saturated heterocycles. The van der Waals surface area contributed by atoms with Crippen molar-refractivity contribution in [2.75, 3.05) is 6.61 Å². The molecule has 4 heteroatoms. The molecule has 2 aliphatic rings. The number of hydrogen-bond donors (Lipinski definition) is 0. The van der Waals surface area contributed by atoms with Crippen LogP contribution in [-0.4, -0.2) is 12.2 Å². The second kappa shape index (κ2) is 3.25. The summed E-state index contributed by atoms with van der Waals surface area (Å²) in [4.78, 5) is 0. The van der Waals surface area contributed by atoms with E-state index in [4.69, 9.17) is 4.74 Å². The Bertz CT molecular complexity index is 466. The molecule has 0 aromatic heterocycles. The van der Waals surface area contributed by atoms with Gasteiger partial charge in [-0.2, -0.15) is 13.2 Å². The van der Waals surface area contributed by atoms with Gasteiger partial charge in [0.15, 0.2) is 0 Å². The second-order valence-electron chi connectivity index (χ2n) is 5.06. The summed E-state index contributed by atoms with van der Waals surface area (Å²) >= 11 is 0. The van der Waals surface area contributed by atoms with Gasteiger partial charge in [0.2, 0.25) is 0 Å². The molecule has 1 aromatic rings. The molecule has 1 heterocycles. The summed E-state index contributed by atoms with van der Waals surface area (Å²) in [6, 6.07) is 4.46. The van der Waals surface area contributed by atoms with Crippen molar-refractivity contribution in [2.24, 2.45) is 0 Å². The lowest BCUT2D eigenvalue weighted by Crippen LogP contribution is -2.27. The third-order valence-corrected chi connectivity index (χ3v) is 3.97. The van der Waals surface area contributed by atoms with Gasteiger partial charge in [-0.25, -0.2) is 0 Å². The molecule has 0 bridgehead atoms. The Morgan fingerprint density at radius 3 is 2.82 bits per heavy atom. The molecule has 1 aromatic carbocycles. The summed E-state index contributed by atoms with van der Waals surface area (Å²) in [7, 11) is 0. The number of fused-ring (bicyclic) bond motifs is 3. The van der Waals surface area contributed by atoms with Crippen LogP contribution in [0.4, 0.5) is 13.2 Å². The van der Waals surface area contributed by atoms with Crippen molar-refractivity contribution in [1.29, 1.82) is 0 Å². The molecule has 0 spiro atoms. The first-order valence-corrected chi connectivity index (χ1v) is 5.75.